The molecule has 4 atom stereocenters. The minimum Gasteiger partial charge on any atom is -0.508 e. The summed E-state index contributed by atoms with van der Waals surface area (Å²) >= 11 is 3.00. The molecule has 1 saturated carbocycles. The number of nitrogens with one attached hydrogen (secondary N) is 1. The van der Waals surface area contributed by atoms with Gasteiger partial charge in [0.1, 0.15) is 22.8 Å². The number of aliphatic hydroxyl groups excluding tert-OH is 2. The van der Waals surface area contributed by atoms with Crippen LogP contribution in [0.15, 0.2) is 29.0 Å². The maximum Gasteiger partial charge on any atom is 0.255 e. The van der Waals surface area contributed by atoms with Gasteiger partial charge in [-0.25, -0.2) is 0 Å². The summed E-state index contributed by atoms with van der Waals surface area (Å²) in [4.78, 5) is 51.9. The Balaban J connectivity index is 0.00000361. The van der Waals surface area contributed by atoms with Gasteiger partial charge in [-0.05, 0) is 44.5 Å². The second kappa shape index (κ2) is 9.61. The molecule has 4 rings (SSSR count). The molecule has 36 heavy (non-hydrogen) atoms. The number of hydrogen-bond acceptors (Lipinski definition) is 9. The fourth-order valence-corrected chi connectivity index (χ4v) is 5.64. The van der Waals surface area contributed by atoms with Gasteiger partial charge in [-0.1, -0.05) is 22.0 Å². The van der Waals surface area contributed by atoms with Gasteiger partial charge in [-0.3, -0.25) is 24.1 Å². The number of rotatable bonds is 4. The van der Waals surface area contributed by atoms with Crippen LogP contribution in [0.3, 0.4) is 0 Å². The van der Waals surface area contributed by atoms with E-state index in [1.54, 1.807) is 6.07 Å². The number of anilines is 1. The van der Waals surface area contributed by atoms with E-state index in [0.29, 0.717) is 5.56 Å². The van der Waals surface area contributed by atoms with Crippen LogP contribution < -0.4 is 11.1 Å². The molecule has 0 aromatic heterocycles. The maximum absolute atomic E-state index is 13.7. The number of benzene rings is 1. The van der Waals surface area contributed by atoms with Gasteiger partial charge in [0.2, 0.25) is 11.7 Å². The summed E-state index contributed by atoms with van der Waals surface area (Å²) in [6, 6.07) is 1.92. The van der Waals surface area contributed by atoms with E-state index in [9.17, 15) is 39.6 Å². The number of halogens is 2. The van der Waals surface area contributed by atoms with Crippen LogP contribution in [0.2, 0.25) is 0 Å². The van der Waals surface area contributed by atoms with E-state index in [1.165, 1.54) is 25.1 Å². The molecule has 0 bridgehead atoms. The number of amides is 2. The van der Waals surface area contributed by atoms with Crippen molar-refractivity contribution >= 4 is 67.7 Å². The second-order valence-corrected chi connectivity index (χ2v) is 9.70. The molecule has 1 fully saturated rings. The molecule has 1 aromatic rings. The molecule has 0 aliphatic heterocycles. The van der Waals surface area contributed by atoms with E-state index < -0.39 is 69.7 Å². The zero-order valence-corrected chi connectivity index (χ0v) is 22.5. The van der Waals surface area contributed by atoms with Gasteiger partial charge in [0, 0.05) is 11.5 Å². The number of phenolic OH excluding ortho intramolecular Hbond substituents is 1. The van der Waals surface area contributed by atoms with Crippen molar-refractivity contribution in [2.24, 2.45) is 17.6 Å². The number of carbonyl (C=O) groups is 4. The molecule has 0 radical (unpaired) electrons. The quantitative estimate of drug-likeness (QED) is 0.159. The van der Waals surface area contributed by atoms with Crippen LogP contribution >= 0.6 is 32.9 Å². The number of likely N-dealkylation sites (N-methyl/N-ethyl adjacent to an activating group) is 1. The van der Waals surface area contributed by atoms with Gasteiger partial charge >= 0.3 is 0 Å². The number of nitrogens with zero attached hydrogens (tertiary/aromatic N) is 1. The van der Waals surface area contributed by atoms with E-state index in [1.807, 2.05) is 0 Å². The van der Waals surface area contributed by atoms with Gasteiger partial charge in [0.15, 0.2) is 11.4 Å². The number of primary amides is 1. The zero-order chi connectivity index (χ0) is 26.0. The standard InChI is InChI=1S/C23H24BrN3O8.BrH/c1-27(2)16-10-6-9-5-8-3-4-11(26-12(28)7-24)17(29)13(8)18(30)14(9)20(32)23(10,35)21(33)15(19(16)31)22(25)34;/h3-4,9-10,16,29-30,33,35H,5-7H2,1-2H3,(H2,25,34)(H,26,28);1H/t9?,10?,16-,23-;/m0./s1. The first-order valence-corrected chi connectivity index (χ1v) is 11.8. The molecule has 3 aliphatic rings. The van der Waals surface area contributed by atoms with Crippen LogP contribution in [0.25, 0.3) is 5.76 Å². The smallest absolute Gasteiger partial charge is 0.255 e. The zero-order valence-electron chi connectivity index (χ0n) is 19.2. The van der Waals surface area contributed by atoms with Crippen LogP contribution in [0, 0.1) is 11.8 Å². The predicted octanol–water partition coefficient (Wildman–Crippen LogP) is 0.875. The maximum atomic E-state index is 13.7. The molecule has 11 nitrogen and oxygen atoms in total. The van der Waals surface area contributed by atoms with E-state index >= 15 is 0 Å². The van der Waals surface area contributed by atoms with Crippen LogP contribution in [0.1, 0.15) is 17.5 Å². The van der Waals surface area contributed by atoms with Crippen molar-refractivity contribution in [3.63, 3.8) is 0 Å². The molecule has 3 aliphatic carbocycles. The van der Waals surface area contributed by atoms with Crippen molar-refractivity contribution < 1.29 is 39.6 Å². The Morgan fingerprint density at radius 3 is 2.42 bits per heavy atom. The van der Waals surface area contributed by atoms with Crippen molar-refractivity contribution in [1.82, 2.24) is 4.90 Å². The lowest BCUT2D eigenvalue weighted by molar-refractivity contribution is -0.153. The third-order valence-electron chi connectivity index (χ3n) is 6.99. The Kier molecular flexibility index (Phi) is 7.44. The molecular weight excluding hydrogens is 606 g/mol. The molecule has 0 saturated heterocycles. The lowest BCUT2D eigenvalue weighted by Crippen LogP contribution is -2.65. The lowest BCUT2D eigenvalue weighted by Gasteiger charge is -2.50. The number of carbonyl (C=O) groups excluding carboxylic acids is 4. The summed E-state index contributed by atoms with van der Waals surface area (Å²) in [7, 11) is 3.07. The highest BCUT2D eigenvalue weighted by molar-refractivity contribution is 9.09. The minimum absolute atomic E-state index is 0. The lowest BCUT2D eigenvalue weighted by atomic mass is 9.57. The molecular formula is C23H25Br2N3O8. The largest absolute Gasteiger partial charge is 0.508 e. The van der Waals surface area contributed by atoms with Crippen LogP contribution in [-0.4, -0.2) is 79.8 Å². The van der Waals surface area contributed by atoms with Crippen molar-refractivity contribution in [3.05, 3.63) is 40.2 Å². The third kappa shape index (κ3) is 3.85. The first-order valence-electron chi connectivity index (χ1n) is 10.7. The predicted molar refractivity (Wildman–Crippen MR) is 137 cm³/mol. The van der Waals surface area contributed by atoms with E-state index in [-0.39, 0.29) is 52.0 Å². The fraction of sp³-hybridized carbons (Fsp3) is 0.391. The van der Waals surface area contributed by atoms with Crippen molar-refractivity contribution in [1.29, 1.82) is 0 Å². The SMILES string of the molecule is Br.CN(C)[C@@H]1C(=O)C(C(N)=O)=C(O)[C@@]2(O)C(=O)C3=C(O)c4c(ccc(NC(=O)CBr)c4O)CC3CC12. The van der Waals surface area contributed by atoms with Crippen LogP contribution in [0.5, 0.6) is 5.75 Å². The summed E-state index contributed by atoms with van der Waals surface area (Å²) in [6.07, 6.45) is 0.184. The summed E-state index contributed by atoms with van der Waals surface area (Å²) in [5.74, 6) is -7.66. The van der Waals surface area contributed by atoms with Crippen molar-refractivity contribution in [2.75, 3.05) is 24.7 Å². The van der Waals surface area contributed by atoms with Gasteiger partial charge in [-0.15, -0.1) is 17.0 Å². The molecule has 2 unspecified atom stereocenters. The first-order chi connectivity index (χ1) is 16.4. The van der Waals surface area contributed by atoms with E-state index in [4.69, 9.17) is 5.73 Å². The number of Topliss-reactive ketones (excluding diaryl/α,β-unsaturated/α-hetero) is 2. The second-order valence-electron chi connectivity index (χ2n) is 9.14. The summed E-state index contributed by atoms with van der Waals surface area (Å²) in [5.41, 5.74) is 1.89. The van der Waals surface area contributed by atoms with E-state index in [0.717, 1.165) is 0 Å². The Bertz CT molecular complexity index is 1260. The van der Waals surface area contributed by atoms with Crippen molar-refractivity contribution in [3.8, 4) is 5.75 Å². The normalized spacial score (nSPS) is 27.2. The molecule has 0 heterocycles. The molecule has 13 heteroatoms. The van der Waals surface area contributed by atoms with Gasteiger partial charge in [0.05, 0.1) is 22.6 Å². The van der Waals surface area contributed by atoms with E-state index in [2.05, 4.69) is 21.2 Å². The number of phenols is 1. The fourth-order valence-electron chi connectivity index (χ4n) is 5.50. The third-order valence-corrected chi connectivity index (χ3v) is 7.50. The number of hydrogen-bond donors (Lipinski definition) is 6. The summed E-state index contributed by atoms with van der Waals surface area (Å²) in [5, 5.41) is 46.7. The van der Waals surface area contributed by atoms with Crippen LogP contribution in [-0.2, 0) is 25.6 Å². The summed E-state index contributed by atoms with van der Waals surface area (Å²) in [6.45, 7) is 0. The monoisotopic (exact) mass is 629 g/mol. The molecule has 7 N–H and O–H groups in total. The van der Waals surface area contributed by atoms with Crippen LogP contribution in [0.4, 0.5) is 5.69 Å². The number of aliphatic hydroxyl groups is 3. The van der Waals surface area contributed by atoms with Gasteiger partial charge < -0.3 is 31.5 Å². The highest BCUT2D eigenvalue weighted by Gasteiger charge is 2.64. The first kappa shape index (κ1) is 27.8. The number of fused-ring (bicyclic) bond motifs is 3. The highest BCUT2D eigenvalue weighted by atomic mass is 79.9. The number of aromatic hydroxyl groups is 1. The average molecular weight is 631 g/mol. The molecule has 1 aromatic carbocycles. The highest BCUT2D eigenvalue weighted by Crippen LogP contribution is 2.53. The Morgan fingerprint density at radius 1 is 1.22 bits per heavy atom. The minimum atomic E-state index is -2.69. The van der Waals surface area contributed by atoms with Crippen molar-refractivity contribution in [2.45, 2.75) is 24.5 Å². The number of ketones is 2. The molecule has 194 valence electrons. The van der Waals surface area contributed by atoms with Gasteiger partial charge in [-0.2, -0.15) is 0 Å². The number of nitrogens with two attached hydrogens (primary N) is 1. The topological polar surface area (TPSA) is 190 Å². The Hall–Kier alpha value is -2.74. The summed E-state index contributed by atoms with van der Waals surface area (Å²) < 4.78 is 0. The number of alkyl halides is 1. The Labute approximate surface area is 224 Å². The average Bonchev–Trinajstić information content (AvgIpc) is 2.77. The molecule has 2 amide bonds. The Morgan fingerprint density at radius 2 is 1.86 bits per heavy atom. The van der Waals surface area contributed by atoms with Gasteiger partial charge in [0.25, 0.3) is 5.91 Å². The molecule has 0 spiro atoms.